The van der Waals surface area contributed by atoms with Crippen LogP contribution in [0, 0.1) is 6.92 Å². The summed E-state index contributed by atoms with van der Waals surface area (Å²) in [6.07, 6.45) is -2.34. The molecule has 0 unspecified atom stereocenters. The average Bonchev–Trinajstić information content (AvgIpc) is 2.37. The fourth-order valence-corrected chi connectivity index (χ4v) is 1.99. The summed E-state index contributed by atoms with van der Waals surface area (Å²) in [5.74, 6) is 0.460. The number of ether oxygens (including phenoxy) is 1. The molecule has 2 nitrogen and oxygen atoms in total. The van der Waals surface area contributed by atoms with Crippen LogP contribution in [0.3, 0.4) is 0 Å². The maximum absolute atomic E-state index is 12.4. The molecule has 0 atom stereocenters. The highest BCUT2D eigenvalue weighted by Gasteiger charge is 2.27. The number of nitrogens with one attached hydrogen (secondary N) is 1. The lowest BCUT2D eigenvalue weighted by Crippen LogP contribution is -2.13. The van der Waals surface area contributed by atoms with E-state index in [4.69, 9.17) is 4.74 Å². The van der Waals surface area contributed by atoms with Crippen molar-refractivity contribution >= 4 is 6.08 Å². The van der Waals surface area contributed by atoms with Crippen molar-refractivity contribution in [1.29, 1.82) is 0 Å². The summed E-state index contributed by atoms with van der Waals surface area (Å²) < 4.78 is 42.5. The summed E-state index contributed by atoms with van der Waals surface area (Å²) in [7, 11) is 0. The minimum atomic E-state index is -4.18. The Morgan fingerprint density at radius 3 is 2.59 bits per heavy atom. The van der Waals surface area contributed by atoms with Crippen molar-refractivity contribution in [1.82, 2.24) is 5.32 Å². The summed E-state index contributed by atoms with van der Waals surface area (Å²) in [5, 5.41) is 3.01. The third-order valence-electron chi connectivity index (χ3n) is 2.93. The Hall–Kier alpha value is -1.91. The van der Waals surface area contributed by atoms with Crippen molar-refractivity contribution in [2.75, 3.05) is 6.61 Å². The van der Waals surface area contributed by atoms with Gasteiger partial charge in [-0.3, -0.25) is 0 Å². The van der Waals surface area contributed by atoms with Gasteiger partial charge >= 0.3 is 6.18 Å². The van der Waals surface area contributed by atoms with Crippen LogP contribution in [0.25, 0.3) is 6.08 Å². The van der Waals surface area contributed by atoms with Gasteiger partial charge < -0.3 is 10.1 Å². The highest BCUT2D eigenvalue weighted by atomic mass is 19.4. The van der Waals surface area contributed by atoms with E-state index in [-0.39, 0.29) is 5.56 Å². The van der Waals surface area contributed by atoms with Gasteiger partial charge in [-0.05, 0) is 49.6 Å². The first-order valence-corrected chi connectivity index (χ1v) is 7.14. The third-order valence-corrected chi connectivity index (χ3v) is 2.93. The molecule has 5 heteroatoms. The molecular formula is C17H22F3NO. The summed E-state index contributed by atoms with van der Waals surface area (Å²) in [5.41, 5.74) is 2.73. The highest BCUT2D eigenvalue weighted by Crippen LogP contribution is 2.23. The molecule has 22 heavy (non-hydrogen) atoms. The van der Waals surface area contributed by atoms with Gasteiger partial charge in [0.1, 0.15) is 0 Å². The molecule has 0 spiro atoms. The van der Waals surface area contributed by atoms with Crippen LogP contribution >= 0.6 is 0 Å². The lowest BCUT2D eigenvalue weighted by atomic mass is 10.0. The van der Waals surface area contributed by atoms with Crippen molar-refractivity contribution in [3.63, 3.8) is 0 Å². The molecule has 0 aliphatic carbocycles. The molecule has 122 valence electrons. The average molecular weight is 313 g/mol. The van der Waals surface area contributed by atoms with Crippen LogP contribution in [0.15, 0.2) is 36.4 Å². The summed E-state index contributed by atoms with van der Waals surface area (Å²) in [6.45, 7) is 9.98. The van der Waals surface area contributed by atoms with Gasteiger partial charge in [-0.15, -0.1) is 0 Å². The standard InChI is InChI=1S/C17H22F3NO/c1-5-8-22-14(4)21-13(3)10-16-7-6-15(9-12(16)2)11-17(18,19)20/h6-7,9-10,21H,4-5,8,11H2,1-3H3/b13-10+. The van der Waals surface area contributed by atoms with Crippen LogP contribution in [-0.4, -0.2) is 12.8 Å². The lowest BCUT2D eigenvalue weighted by molar-refractivity contribution is -0.127. The van der Waals surface area contributed by atoms with Gasteiger partial charge in [0, 0.05) is 5.70 Å². The molecule has 0 aliphatic rings. The van der Waals surface area contributed by atoms with Crippen molar-refractivity contribution < 1.29 is 17.9 Å². The van der Waals surface area contributed by atoms with E-state index in [1.54, 1.807) is 19.1 Å². The predicted molar refractivity (Wildman–Crippen MR) is 83.1 cm³/mol. The molecule has 0 saturated heterocycles. The number of halogens is 3. The Kier molecular flexibility index (Phi) is 6.53. The Balaban J connectivity index is 2.76. The quantitative estimate of drug-likeness (QED) is 0.719. The largest absolute Gasteiger partial charge is 0.479 e. The molecule has 1 N–H and O–H groups in total. The molecule has 1 aromatic carbocycles. The van der Waals surface area contributed by atoms with E-state index in [0.29, 0.717) is 12.5 Å². The third kappa shape index (κ3) is 6.70. The molecule has 0 fully saturated rings. The van der Waals surface area contributed by atoms with E-state index < -0.39 is 12.6 Å². The second-order valence-corrected chi connectivity index (χ2v) is 5.21. The molecule has 0 amide bonds. The number of benzene rings is 1. The fraction of sp³-hybridized carbons (Fsp3) is 0.412. The van der Waals surface area contributed by atoms with Gasteiger partial charge in [0.2, 0.25) is 0 Å². The first-order chi connectivity index (χ1) is 10.2. The first-order valence-electron chi connectivity index (χ1n) is 7.14. The SMILES string of the molecule is C=C(N/C(C)=C/c1ccc(CC(F)(F)F)cc1C)OCCC. The second kappa shape index (κ2) is 7.92. The van der Waals surface area contributed by atoms with Crippen LogP contribution in [0.5, 0.6) is 0 Å². The fourth-order valence-electron chi connectivity index (χ4n) is 1.99. The van der Waals surface area contributed by atoms with Crippen molar-refractivity contribution in [2.45, 2.75) is 39.8 Å². The number of aryl methyl sites for hydroxylation is 1. The molecule has 0 aliphatic heterocycles. The smallest absolute Gasteiger partial charge is 0.393 e. The predicted octanol–water partition coefficient (Wildman–Crippen LogP) is 4.95. The van der Waals surface area contributed by atoms with E-state index in [9.17, 15) is 13.2 Å². The number of hydrogen-bond donors (Lipinski definition) is 1. The highest BCUT2D eigenvalue weighted by molar-refractivity contribution is 5.56. The molecule has 1 rings (SSSR count). The van der Waals surface area contributed by atoms with Crippen molar-refractivity contribution in [3.8, 4) is 0 Å². The zero-order valence-electron chi connectivity index (χ0n) is 13.2. The van der Waals surface area contributed by atoms with Crippen LogP contribution in [-0.2, 0) is 11.2 Å². The molecule has 0 radical (unpaired) electrons. The van der Waals surface area contributed by atoms with Crippen LogP contribution < -0.4 is 5.32 Å². The van der Waals surface area contributed by atoms with Crippen LogP contribution in [0.4, 0.5) is 13.2 Å². The molecule has 0 saturated carbocycles. The normalized spacial score (nSPS) is 12.2. The maximum Gasteiger partial charge on any atom is 0.393 e. The van der Waals surface area contributed by atoms with Gasteiger partial charge in [-0.2, -0.15) is 13.2 Å². The van der Waals surface area contributed by atoms with Gasteiger partial charge in [0.05, 0.1) is 13.0 Å². The topological polar surface area (TPSA) is 21.3 Å². The van der Waals surface area contributed by atoms with Crippen LogP contribution in [0.2, 0.25) is 0 Å². The Labute approximate surface area is 129 Å². The van der Waals surface area contributed by atoms with Gasteiger partial charge in [0.15, 0.2) is 5.88 Å². The van der Waals surface area contributed by atoms with Gasteiger partial charge in [-0.25, -0.2) is 0 Å². The van der Waals surface area contributed by atoms with E-state index in [1.807, 2.05) is 19.9 Å². The lowest BCUT2D eigenvalue weighted by Gasteiger charge is -2.12. The summed E-state index contributed by atoms with van der Waals surface area (Å²) in [6, 6.07) is 4.76. The zero-order chi connectivity index (χ0) is 16.8. The van der Waals surface area contributed by atoms with E-state index in [2.05, 4.69) is 11.9 Å². The molecular weight excluding hydrogens is 291 g/mol. The Morgan fingerprint density at radius 2 is 2.05 bits per heavy atom. The summed E-state index contributed by atoms with van der Waals surface area (Å²) in [4.78, 5) is 0. The van der Waals surface area contributed by atoms with E-state index in [1.165, 1.54) is 6.07 Å². The molecule has 0 bridgehead atoms. The van der Waals surface area contributed by atoms with E-state index in [0.717, 1.165) is 23.2 Å². The minimum Gasteiger partial charge on any atom is -0.479 e. The number of hydrogen-bond acceptors (Lipinski definition) is 2. The Morgan fingerprint density at radius 1 is 1.36 bits per heavy atom. The monoisotopic (exact) mass is 313 g/mol. The maximum atomic E-state index is 12.4. The van der Waals surface area contributed by atoms with Gasteiger partial charge in [0.25, 0.3) is 0 Å². The second-order valence-electron chi connectivity index (χ2n) is 5.21. The number of alkyl halides is 3. The van der Waals surface area contributed by atoms with Crippen molar-refractivity contribution in [2.24, 2.45) is 0 Å². The molecule has 1 aromatic rings. The number of rotatable bonds is 7. The summed E-state index contributed by atoms with van der Waals surface area (Å²) >= 11 is 0. The van der Waals surface area contributed by atoms with Crippen LogP contribution in [0.1, 0.15) is 37.0 Å². The van der Waals surface area contributed by atoms with Gasteiger partial charge in [-0.1, -0.05) is 25.1 Å². The Bertz CT molecular complexity index is 547. The first kappa shape index (κ1) is 18.1. The number of allylic oxidation sites excluding steroid dienone is 1. The molecule has 0 heterocycles. The minimum absolute atomic E-state index is 0.267. The van der Waals surface area contributed by atoms with E-state index >= 15 is 0 Å². The zero-order valence-corrected chi connectivity index (χ0v) is 13.2. The van der Waals surface area contributed by atoms with Crippen molar-refractivity contribution in [3.05, 3.63) is 53.0 Å². The molecule has 0 aromatic heterocycles.